The fraction of sp³-hybridized carbons (Fsp3) is 0.458. The number of carbonyl (C=O) groups excluding carboxylic acids is 1. The Morgan fingerprint density at radius 1 is 1.24 bits per heavy atom. The van der Waals surface area contributed by atoms with E-state index in [0.717, 1.165) is 24.4 Å². The summed E-state index contributed by atoms with van der Waals surface area (Å²) in [6.07, 6.45) is -1.94. The molecule has 1 fully saturated rings. The summed E-state index contributed by atoms with van der Waals surface area (Å²) in [6, 6.07) is 8.90. The molecule has 7 nitrogen and oxygen atoms in total. The van der Waals surface area contributed by atoms with Crippen LogP contribution in [0.2, 0.25) is 0 Å². The maximum atomic E-state index is 13.0. The molecule has 0 spiro atoms. The van der Waals surface area contributed by atoms with Crippen molar-refractivity contribution in [3.8, 4) is 5.75 Å². The Labute approximate surface area is 194 Å². The first kappa shape index (κ1) is 23.8. The van der Waals surface area contributed by atoms with Gasteiger partial charge in [-0.15, -0.1) is 0 Å². The summed E-state index contributed by atoms with van der Waals surface area (Å²) in [5.41, 5.74) is 3.14. The second kappa shape index (κ2) is 9.52. The molecule has 0 bridgehead atoms. The predicted molar refractivity (Wildman–Crippen MR) is 118 cm³/mol. The number of aromatic nitrogens is 1. The van der Waals surface area contributed by atoms with Crippen LogP contribution in [0.4, 0.5) is 19.0 Å². The number of hydrogen-bond acceptors (Lipinski definition) is 5. The lowest BCUT2D eigenvalue weighted by atomic mass is 9.97. The molecule has 34 heavy (non-hydrogen) atoms. The summed E-state index contributed by atoms with van der Waals surface area (Å²) < 4.78 is 45.0. The first-order chi connectivity index (χ1) is 16.1. The van der Waals surface area contributed by atoms with Gasteiger partial charge in [0.2, 0.25) is 5.91 Å². The minimum absolute atomic E-state index is 0.163. The second-order valence-electron chi connectivity index (χ2n) is 8.69. The van der Waals surface area contributed by atoms with Crippen molar-refractivity contribution in [1.82, 2.24) is 9.88 Å². The topological polar surface area (TPSA) is 91.8 Å². The molecule has 1 aromatic carbocycles. The highest BCUT2D eigenvalue weighted by atomic mass is 19.4. The highest BCUT2D eigenvalue weighted by molar-refractivity contribution is 5.97. The molecule has 182 valence electrons. The van der Waals surface area contributed by atoms with Crippen LogP contribution >= 0.6 is 0 Å². The molecule has 0 radical (unpaired) electrons. The third-order valence-corrected chi connectivity index (χ3v) is 6.13. The highest BCUT2D eigenvalue weighted by Crippen LogP contribution is 2.41. The molecule has 1 aliphatic carbocycles. The van der Waals surface area contributed by atoms with Crippen molar-refractivity contribution >= 4 is 17.7 Å². The zero-order valence-corrected chi connectivity index (χ0v) is 18.7. The van der Waals surface area contributed by atoms with Crippen molar-refractivity contribution < 1.29 is 32.6 Å². The largest absolute Gasteiger partial charge is 0.493 e. The van der Waals surface area contributed by atoms with Gasteiger partial charge in [-0.1, -0.05) is 12.1 Å². The van der Waals surface area contributed by atoms with Gasteiger partial charge in [0.15, 0.2) is 0 Å². The number of nitrogens with zero attached hydrogens (tertiary/aromatic N) is 2. The first-order valence-corrected chi connectivity index (χ1v) is 11.1. The van der Waals surface area contributed by atoms with Crippen LogP contribution in [-0.4, -0.2) is 53.2 Å². The quantitative estimate of drug-likeness (QED) is 0.563. The van der Waals surface area contributed by atoms with Gasteiger partial charge in [-0.3, -0.25) is 9.59 Å². The number of carbonyl (C=O) groups is 2. The number of carboxylic acids is 1. The van der Waals surface area contributed by atoms with E-state index in [-0.39, 0.29) is 13.0 Å². The number of ether oxygens (including phenoxy) is 1. The molecule has 1 atom stereocenters. The molecule has 2 heterocycles. The van der Waals surface area contributed by atoms with Crippen LogP contribution in [0.3, 0.4) is 0 Å². The number of aliphatic carboxylic acids is 1. The summed E-state index contributed by atoms with van der Waals surface area (Å²) in [5.74, 6) is -2.28. The van der Waals surface area contributed by atoms with Crippen molar-refractivity contribution in [2.24, 2.45) is 5.92 Å². The monoisotopic (exact) mass is 477 g/mol. The second-order valence-corrected chi connectivity index (χ2v) is 8.69. The van der Waals surface area contributed by atoms with Crippen molar-refractivity contribution in [1.29, 1.82) is 0 Å². The fourth-order valence-electron chi connectivity index (χ4n) is 4.28. The molecule has 10 heteroatoms. The number of amides is 1. The Kier molecular flexibility index (Phi) is 6.67. The van der Waals surface area contributed by atoms with Crippen molar-refractivity contribution in [3.05, 3.63) is 52.7 Å². The van der Waals surface area contributed by atoms with E-state index in [9.17, 15) is 27.9 Å². The number of rotatable bonds is 8. The van der Waals surface area contributed by atoms with E-state index in [1.165, 1.54) is 5.56 Å². The van der Waals surface area contributed by atoms with Crippen LogP contribution in [0.15, 0.2) is 30.3 Å². The van der Waals surface area contributed by atoms with Crippen LogP contribution in [-0.2, 0) is 29.0 Å². The maximum Gasteiger partial charge on any atom is 0.406 e. The Balaban J connectivity index is 1.49. The van der Waals surface area contributed by atoms with Crippen molar-refractivity contribution in [2.75, 3.05) is 25.5 Å². The number of benzene rings is 1. The highest BCUT2D eigenvalue weighted by Gasteiger charge is 2.40. The molecule has 0 saturated heterocycles. The minimum Gasteiger partial charge on any atom is -0.493 e. The third kappa shape index (κ3) is 5.60. The van der Waals surface area contributed by atoms with Gasteiger partial charge in [-0.05, 0) is 60.1 Å². The van der Waals surface area contributed by atoms with Crippen LogP contribution in [0.1, 0.15) is 41.1 Å². The van der Waals surface area contributed by atoms with Crippen LogP contribution < -0.4 is 10.1 Å². The van der Waals surface area contributed by atoms with E-state index in [1.54, 1.807) is 25.2 Å². The minimum atomic E-state index is -4.63. The van der Waals surface area contributed by atoms with E-state index >= 15 is 0 Å². The van der Waals surface area contributed by atoms with E-state index in [1.807, 2.05) is 6.07 Å². The van der Waals surface area contributed by atoms with Crippen LogP contribution in [0.5, 0.6) is 5.75 Å². The fourth-order valence-corrected chi connectivity index (χ4v) is 4.28. The maximum absolute atomic E-state index is 13.0. The van der Waals surface area contributed by atoms with Crippen LogP contribution in [0, 0.1) is 5.92 Å². The van der Waals surface area contributed by atoms with E-state index < -0.39 is 30.5 Å². The lowest BCUT2D eigenvalue weighted by molar-refractivity contribution is -0.168. The SMILES string of the molecule is CNc1ccc(C2CC2)c(CCOc2ccc3c(c2)CN(CC(F)(F)F)C(=O)[C@H](C(=O)O)C3)n1. The van der Waals surface area contributed by atoms with Crippen molar-refractivity contribution in [3.63, 3.8) is 0 Å². The number of hydrogen-bond donors (Lipinski definition) is 2. The van der Waals surface area contributed by atoms with Gasteiger partial charge < -0.3 is 20.1 Å². The molecular weight excluding hydrogens is 451 g/mol. The van der Waals surface area contributed by atoms with Gasteiger partial charge in [-0.2, -0.15) is 13.2 Å². The predicted octanol–water partition coefficient (Wildman–Crippen LogP) is 3.77. The lowest BCUT2D eigenvalue weighted by Crippen LogP contribution is -2.43. The molecule has 1 aliphatic heterocycles. The average molecular weight is 477 g/mol. The van der Waals surface area contributed by atoms with Gasteiger partial charge in [-0.25, -0.2) is 4.98 Å². The smallest absolute Gasteiger partial charge is 0.406 e. The molecule has 4 rings (SSSR count). The zero-order chi connectivity index (χ0) is 24.5. The van der Waals surface area contributed by atoms with E-state index in [2.05, 4.69) is 16.4 Å². The number of nitrogens with one attached hydrogen (secondary N) is 1. The molecule has 1 amide bonds. The standard InChI is InChI=1S/C24H26F3N3O4/c1-28-21-7-6-18(14-2-3-14)20(29-21)8-9-34-17-5-4-15-11-19(23(32)33)22(31)30(12-16(15)10-17)13-24(25,26)27/h4-7,10,14,19H,2-3,8-9,11-13H2,1H3,(H,28,29)(H,32,33)/t19-/m1/s1. The number of halogens is 3. The molecule has 1 saturated carbocycles. The normalized spacial score (nSPS) is 18.3. The molecule has 2 N–H and O–H groups in total. The Morgan fingerprint density at radius 2 is 2.00 bits per heavy atom. The number of fused-ring (bicyclic) bond motifs is 1. The molecular formula is C24H26F3N3O4. The first-order valence-electron chi connectivity index (χ1n) is 11.1. The van der Waals surface area contributed by atoms with Gasteiger partial charge >= 0.3 is 12.1 Å². The van der Waals surface area contributed by atoms with Crippen molar-refractivity contribution in [2.45, 2.75) is 44.3 Å². The lowest BCUT2D eigenvalue weighted by Gasteiger charge is -2.24. The Bertz CT molecular complexity index is 1090. The average Bonchev–Trinajstić information content (AvgIpc) is 3.62. The Morgan fingerprint density at radius 3 is 2.65 bits per heavy atom. The summed E-state index contributed by atoms with van der Waals surface area (Å²) >= 11 is 0. The van der Waals surface area contributed by atoms with Gasteiger partial charge in [0.25, 0.3) is 0 Å². The van der Waals surface area contributed by atoms with Gasteiger partial charge in [0, 0.05) is 25.7 Å². The van der Waals surface area contributed by atoms with Crippen LogP contribution in [0.25, 0.3) is 0 Å². The number of pyridine rings is 1. The molecule has 2 aromatic rings. The summed E-state index contributed by atoms with van der Waals surface area (Å²) in [4.78, 5) is 29.2. The summed E-state index contributed by atoms with van der Waals surface area (Å²) in [7, 11) is 1.80. The molecule has 1 aromatic heterocycles. The Hall–Kier alpha value is -3.30. The van der Waals surface area contributed by atoms with Gasteiger partial charge in [0.1, 0.15) is 24.0 Å². The zero-order valence-electron chi connectivity index (χ0n) is 18.7. The summed E-state index contributed by atoms with van der Waals surface area (Å²) in [6.45, 7) is -1.51. The number of alkyl halides is 3. The third-order valence-electron chi connectivity index (χ3n) is 6.13. The van der Waals surface area contributed by atoms with E-state index in [0.29, 0.717) is 40.7 Å². The summed E-state index contributed by atoms with van der Waals surface area (Å²) in [5, 5.41) is 12.4. The van der Waals surface area contributed by atoms with E-state index in [4.69, 9.17) is 4.74 Å². The molecule has 2 aliphatic rings. The molecule has 0 unspecified atom stereocenters. The van der Waals surface area contributed by atoms with Gasteiger partial charge in [0.05, 0.1) is 6.61 Å². The number of anilines is 1. The number of carboxylic acid groups (broad SMARTS) is 1.